The number of rotatable bonds is 2. The van der Waals surface area contributed by atoms with Gasteiger partial charge in [0.05, 0.1) is 23.8 Å². The second kappa shape index (κ2) is 5.24. The molecule has 20 heavy (non-hydrogen) atoms. The van der Waals surface area contributed by atoms with Crippen LogP contribution < -0.4 is 4.74 Å². The van der Waals surface area contributed by atoms with Gasteiger partial charge in [-0.1, -0.05) is 27.5 Å². The predicted molar refractivity (Wildman–Crippen MR) is 87.7 cm³/mol. The Kier molecular flexibility index (Phi) is 3.58. The first-order valence-electron chi connectivity index (χ1n) is 5.84. The van der Waals surface area contributed by atoms with Gasteiger partial charge in [-0.3, -0.25) is 4.57 Å². The molecule has 0 radical (unpaired) electrons. The fraction of sp³-hybridized carbons (Fsp3) is 0.0714. The number of hydrogen-bond donors (Lipinski definition) is 1. The van der Waals surface area contributed by atoms with E-state index in [2.05, 4.69) is 20.9 Å². The van der Waals surface area contributed by atoms with Crippen molar-refractivity contribution in [1.82, 2.24) is 9.55 Å². The predicted octanol–water partition coefficient (Wildman–Crippen LogP) is 5.11. The van der Waals surface area contributed by atoms with Crippen LogP contribution in [-0.2, 0) is 0 Å². The monoisotopic (exact) mass is 368 g/mol. The summed E-state index contributed by atoms with van der Waals surface area (Å²) in [7, 11) is 1.64. The molecule has 1 heterocycles. The van der Waals surface area contributed by atoms with Crippen molar-refractivity contribution in [3.8, 4) is 11.4 Å². The van der Waals surface area contributed by atoms with Crippen LogP contribution in [0.3, 0.4) is 0 Å². The Morgan fingerprint density at radius 3 is 2.80 bits per heavy atom. The van der Waals surface area contributed by atoms with E-state index in [0.717, 1.165) is 26.9 Å². The van der Waals surface area contributed by atoms with Gasteiger partial charge in [0.1, 0.15) is 5.75 Å². The third kappa shape index (κ3) is 2.26. The van der Waals surface area contributed by atoms with Gasteiger partial charge in [0.2, 0.25) is 0 Å². The third-order valence-corrected chi connectivity index (χ3v) is 4.04. The maximum absolute atomic E-state index is 6.09. The van der Waals surface area contributed by atoms with Crippen LogP contribution in [0.2, 0.25) is 5.02 Å². The lowest BCUT2D eigenvalue weighted by molar-refractivity contribution is 0.413. The second-order valence-electron chi connectivity index (χ2n) is 4.24. The zero-order valence-electron chi connectivity index (χ0n) is 10.5. The van der Waals surface area contributed by atoms with Gasteiger partial charge in [-0.15, -0.1) is 0 Å². The van der Waals surface area contributed by atoms with Gasteiger partial charge >= 0.3 is 0 Å². The number of halogens is 2. The third-order valence-electron chi connectivity index (χ3n) is 3.03. The van der Waals surface area contributed by atoms with Gasteiger partial charge in [0.25, 0.3) is 0 Å². The van der Waals surface area contributed by atoms with E-state index in [0.29, 0.717) is 9.79 Å². The molecule has 0 fully saturated rings. The Hall–Kier alpha value is -1.30. The smallest absolute Gasteiger partial charge is 0.182 e. The number of hydrogen-bond acceptors (Lipinski definition) is 2. The summed E-state index contributed by atoms with van der Waals surface area (Å²) in [5.41, 5.74) is 2.71. The molecule has 3 aromatic rings. The molecule has 0 saturated carbocycles. The zero-order valence-corrected chi connectivity index (χ0v) is 13.6. The number of imidazole rings is 1. The van der Waals surface area contributed by atoms with Crippen molar-refractivity contribution in [3.05, 3.63) is 50.7 Å². The number of methoxy groups -OCH3 is 1. The van der Waals surface area contributed by atoms with Gasteiger partial charge in [-0.25, -0.2) is 0 Å². The minimum Gasteiger partial charge on any atom is -0.495 e. The van der Waals surface area contributed by atoms with Gasteiger partial charge in [0, 0.05) is 9.50 Å². The highest BCUT2D eigenvalue weighted by Gasteiger charge is 2.12. The molecule has 6 heteroatoms. The highest BCUT2D eigenvalue weighted by Crippen LogP contribution is 2.30. The van der Waals surface area contributed by atoms with E-state index in [1.165, 1.54) is 0 Å². The normalized spacial score (nSPS) is 10.9. The molecule has 0 aliphatic rings. The van der Waals surface area contributed by atoms with Crippen LogP contribution in [0.15, 0.2) is 40.9 Å². The maximum Gasteiger partial charge on any atom is 0.182 e. The van der Waals surface area contributed by atoms with Gasteiger partial charge in [-0.05, 0) is 48.6 Å². The number of fused-ring (bicyclic) bond motifs is 1. The van der Waals surface area contributed by atoms with Crippen LogP contribution in [0.5, 0.6) is 5.75 Å². The summed E-state index contributed by atoms with van der Waals surface area (Å²) in [5, 5.41) is 0.661. The number of ether oxygens (including phenoxy) is 1. The van der Waals surface area contributed by atoms with Gasteiger partial charge in [-0.2, -0.15) is 0 Å². The molecular weight excluding hydrogens is 360 g/mol. The number of nitrogens with zero attached hydrogens (tertiary/aromatic N) is 1. The van der Waals surface area contributed by atoms with Crippen LogP contribution in [0.4, 0.5) is 0 Å². The van der Waals surface area contributed by atoms with Crippen molar-refractivity contribution in [2.45, 2.75) is 0 Å². The maximum atomic E-state index is 6.09. The lowest BCUT2D eigenvalue weighted by Gasteiger charge is -2.11. The van der Waals surface area contributed by atoms with Crippen molar-refractivity contribution >= 4 is 50.8 Å². The summed E-state index contributed by atoms with van der Waals surface area (Å²) < 4.78 is 8.89. The molecule has 0 aliphatic heterocycles. The highest BCUT2D eigenvalue weighted by molar-refractivity contribution is 9.10. The largest absolute Gasteiger partial charge is 0.495 e. The van der Waals surface area contributed by atoms with Gasteiger partial charge in [0.15, 0.2) is 4.77 Å². The van der Waals surface area contributed by atoms with E-state index in [9.17, 15) is 0 Å². The average molecular weight is 370 g/mol. The molecule has 3 rings (SSSR count). The summed E-state index contributed by atoms with van der Waals surface area (Å²) in [6, 6.07) is 11.4. The van der Waals surface area contributed by atoms with Crippen LogP contribution in [0.1, 0.15) is 0 Å². The Labute approximate surface area is 134 Å². The highest BCUT2D eigenvalue weighted by atomic mass is 79.9. The number of benzene rings is 2. The first-order valence-corrected chi connectivity index (χ1v) is 7.42. The molecule has 0 bridgehead atoms. The Bertz CT molecular complexity index is 856. The number of H-pyrrole nitrogens is 1. The molecule has 3 nitrogen and oxygen atoms in total. The summed E-state index contributed by atoms with van der Waals surface area (Å²) in [5.74, 6) is 0.741. The summed E-state index contributed by atoms with van der Waals surface area (Å²) in [6.07, 6.45) is 0. The van der Waals surface area contributed by atoms with Crippen LogP contribution >= 0.6 is 39.7 Å². The molecule has 1 aromatic heterocycles. The molecule has 0 spiro atoms. The number of nitrogens with one attached hydrogen (secondary N) is 1. The summed E-state index contributed by atoms with van der Waals surface area (Å²) in [4.78, 5) is 3.17. The van der Waals surface area contributed by atoms with Gasteiger partial charge < -0.3 is 9.72 Å². The SMILES string of the molecule is COc1ccc(Br)cc1-n1c(=S)[nH]c2ccc(Cl)cc21. The number of aromatic amines is 1. The van der Waals surface area contributed by atoms with Crippen molar-refractivity contribution in [1.29, 1.82) is 0 Å². The van der Waals surface area contributed by atoms with Crippen LogP contribution in [0.25, 0.3) is 16.7 Å². The van der Waals surface area contributed by atoms with Crippen molar-refractivity contribution < 1.29 is 4.74 Å². The molecule has 0 atom stereocenters. The first kappa shape index (κ1) is 13.7. The fourth-order valence-corrected chi connectivity index (χ4v) is 2.98. The van der Waals surface area contributed by atoms with E-state index in [1.54, 1.807) is 7.11 Å². The molecular formula is C14H10BrClN2OS. The van der Waals surface area contributed by atoms with E-state index in [1.807, 2.05) is 41.0 Å². The topological polar surface area (TPSA) is 29.9 Å². The Morgan fingerprint density at radius 2 is 2.05 bits per heavy atom. The number of aromatic nitrogens is 2. The summed E-state index contributed by atoms with van der Waals surface area (Å²) in [6.45, 7) is 0. The van der Waals surface area contributed by atoms with E-state index in [4.69, 9.17) is 28.6 Å². The van der Waals surface area contributed by atoms with Crippen LogP contribution in [-0.4, -0.2) is 16.7 Å². The van der Waals surface area contributed by atoms with Crippen molar-refractivity contribution in [2.24, 2.45) is 0 Å². The fourth-order valence-electron chi connectivity index (χ4n) is 2.15. The second-order valence-corrected chi connectivity index (χ2v) is 5.98. The Balaban J connectivity index is 2.40. The minimum atomic E-state index is 0.596. The standard InChI is InChI=1S/C14H10BrClN2OS/c1-19-13-5-2-8(15)6-12(13)18-11-7-9(16)3-4-10(11)17-14(18)20/h2-7H,1H3,(H,17,20). The quantitative estimate of drug-likeness (QED) is 0.636. The van der Waals surface area contributed by atoms with Crippen molar-refractivity contribution in [2.75, 3.05) is 7.11 Å². The van der Waals surface area contributed by atoms with Crippen LogP contribution in [0, 0.1) is 4.77 Å². The van der Waals surface area contributed by atoms with E-state index >= 15 is 0 Å². The van der Waals surface area contributed by atoms with E-state index in [-0.39, 0.29) is 0 Å². The van der Waals surface area contributed by atoms with E-state index < -0.39 is 0 Å². The molecule has 0 unspecified atom stereocenters. The Morgan fingerprint density at radius 1 is 1.25 bits per heavy atom. The molecule has 0 aliphatic carbocycles. The average Bonchev–Trinajstić information content (AvgIpc) is 2.74. The lowest BCUT2D eigenvalue weighted by Crippen LogP contribution is -1.98. The molecule has 0 saturated heterocycles. The molecule has 102 valence electrons. The minimum absolute atomic E-state index is 0.596. The van der Waals surface area contributed by atoms with Crippen molar-refractivity contribution in [3.63, 3.8) is 0 Å². The first-order chi connectivity index (χ1) is 9.60. The molecule has 1 N–H and O–H groups in total. The molecule has 0 amide bonds. The lowest BCUT2D eigenvalue weighted by atomic mass is 10.2. The summed E-state index contributed by atoms with van der Waals surface area (Å²) >= 11 is 15.0. The molecule has 2 aromatic carbocycles. The zero-order chi connectivity index (χ0) is 14.3.